The Morgan fingerprint density at radius 1 is 1.53 bits per heavy atom. The number of hydrogen-bond acceptors (Lipinski definition) is 2. The lowest BCUT2D eigenvalue weighted by molar-refractivity contribution is -0.902. The molecule has 1 aromatic heterocycles. The zero-order chi connectivity index (χ0) is 10.7. The van der Waals surface area contributed by atoms with Gasteiger partial charge in [-0.05, 0) is 18.4 Å². The summed E-state index contributed by atoms with van der Waals surface area (Å²) in [5, 5.41) is 1.96. The van der Waals surface area contributed by atoms with E-state index in [9.17, 15) is 4.79 Å². The third kappa shape index (κ3) is 2.38. The minimum absolute atomic E-state index is 0.208. The summed E-state index contributed by atoms with van der Waals surface area (Å²) < 4.78 is 0. The third-order valence-electron chi connectivity index (χ3n) is 2.99. The summed E-state index contributed by atoms with van der Waals surface area (Å²) in [7, 11) is 0. The predicted molar refractivity (Wildman–Crippen MR) is 61.5 cm³/mol. The summed E-state index contributed by atoms with van der Waals surface area (Å²) in [5.74, 6) is 0.208. The van der Waals surface area contributed by atoms with Crippen molar-refractivity contribution in [3.05, 3.63) is 22.4 Å². The average molecular weight is 225 g/mol. The van der Waals surface area contributed by atoms with Gasteiger partial charge in [0, 0.05) is 0 Å². The lowest BCUT2D eigenvalue weighted by atomic mass is 10.3. The molecule has 1 N–H and O–H groups in total. The van der Waals surface area contributed by atoms with Gasteiger partial charge in [-0.1, -0.05) is 6.07 Å². The van der Waals surface area contributed by atoms with Crippen LogP contribution in [-0.2, 0) is 0 Å². The van der Waals surface area contributed by atoms with E-state index >= 15 is 0 Å². The number of nitrogens with zero attached hydrogens (tertiary/aromatic N) is 1. The molecule has 0 bridgehead atoms. The van der Waals surface area contributed by atoms with Crippen LogP contribution in [0.5, 0.6) is 0 Å². The van der Waals surface area contributed by atoms with Gasteiger partial charge in [-0.2, -0.15) is 0 Å². The molecule has 4 heteroatoms. The van der Waals surface area contributed by atoms with E-state index in [2.05, 4.69) is 6.92 Å². The largest absolute Gasteiger partial charge is 0.332 e. The Kier molecular flexibility index (Phi) is 3.38. The van der Waals surface area contributed by atoms with Crippen LogP contribution in [0.25, 0.3) is 0 Å². The zero-order valence-corrected chi connectivity index (χ0v) is 9.85. The van der Waals surface area contributed by atoms with Crippen molar-refractivity contribution >= 4 is 17.2 Å². The Labute approximate surface area is 94.3 Å². The lowest BCUT2D eigenvalue weighted by Gasteiger charge is -2.31. The molecule has 1 fully saturated rings. The third-order valence-corrected chi connectivity index (χ3v) is 3.85. The van der Waals surface area contributed by atoms with Crippen LogP contribution in [0.15, 0.2) is 17.5 Å². The molecule has 2 heterocycles. The molecule has 0 aromatic carbocycles. The van der Waals surface area contributed by atoms with Crippen LogP contribution in [0, 0.1) is 0 Å². The second-order valence-corrected chi connectivity index (χ2v) is 4.82. The van der Waals surface area contributed by atoms with E-state index < -0.39 is 0 Å². The highest BCUT2D eigenvalue weighted by molar-refractivity contribution is 7.12. The van der Waals surface area contributed by atoms with Crippen molar-refractivity contribution in [2.45, 2.75) is 6.92 Å². The second kappa shape index (κ2) is 4.77. The Hall–Kier alpha value is -0.870. The van der Waals surface area contributed by atoms with E-state index in [1.54, 1.807) is 4.90 Å². The molecule has 0 radical (unpaired) electrons. The van der Waals surface area contributed by atoms with E-state index in [-0.39, 0.29) is 5.91 Å². The molecule has 1 aliphatic rings. The monoisotopic (exact) mass is 225 g/mol. The first-order valence-corrected chi connectivity index (χ1v) is 6.35. The van der Waals surface area contributed by atoms with Gasteiger partial charge in [0.1, 0.15) is 0 Å². The number of likely N-dealkylation sites (N-methyl/N-ethyl adjacent to an activating group) is 1. The predicted octanol–water partition coefficient (Wildman–Crippen LogP) is 0.109. The van der Waals surface area contributed by atoms with E-state index in [1.165, 1.54) is 17.9 Å². The highest BCUT2D eigenvalue weighted by Crippen LogP contribution is 2.11. The Morgan fingerprint density at radius 2 is 2.27 bits per heavy atom. The Balaban J connectivity index is 1.93. The summed E-state index contributed by atoms with van der Waals surface area (Å²) >= 11 is 1.53. The quantitative estimate of drug-likeness (QED) is 0.759. The molecule has 2 rings (SSSR count). The number of nitrogens with one attached hydrogen (secondary N) is 1. The van der Waals surface area contributed by atoms with Crippen molar-refractivity contribution < 1.29 is 9.69 Å². The normalized spacial score (nSPS) is 18.1. The maximum Gasteiger partial charge on any atom is 0.264 e. The highest BCUT2D eigenvalue weighted by atomic mass is 32.1. The van der Waals surface area contributed by atoms with Gasteiger partial charge >= 0.3 is 0 Å². The number of carbonyl (C=O) groups excluding carboxylic acids is 1. The smallest absolute Gasteiger partial charge is 0.264 e. The zero-order valence-electron chi connectivity index (χ0n) is 9.03. The maximum absolute atomic E-state index is 12.0. The van der Waals surface area contributed by atoms with Gasteiger partial charge in [-0.3, -0.25) is 4.79 Å². The first kappa shape index (κ1) is 10.6. The van der Waals surface area contributed by atoms with Crippen LogP contribution in [0.1, 0.15) is 16.6 Å². The van der Waals surface area contributed by atoms with Crippen LogP contribution < -0.4 is 4.90 Å². The number of rotatable bonds is 2. The van der Waals surface area contributed by atoms with Crippen LogP contribution in [0.3, 0.4) is 0 Å². The number of thiophene rings is 1. The Morgan fingerprint density at radius 3 is 2.80 bits per heavy atom. The van der Waals surface area contributed by atoms with Gasteiger partial charge in [-0.15, -0.1) is 11.3 Å². The standard InChI is InChI=1S/C11H16N2OS/c1-2-12-5-7-13(8-6-12)11(14)10-4-3-9-15-10/h3-4,9H,2,5-8H2,1H3/p+1. The van der Waals surface area contributed by atoms with Crippen molar-refractivity contribution in [1.82, 2.24) is 4.90 Å². The molecule has 1 amide bonds. The Bertz CT molecular complexity index is 315. The van der Waals surface area contributed by atoms with Crippen molar-refractivity contribution in [1.29, 1.82) is 0 Å². The molecule has 0 atom stereocenters. The van der Waals surface area contributed by atoms with Gasteiger partial charge in [0.15, 0.2) is 0 Å². The van der Waals surface area contributed by atoms with Crippen molar-refractivity contribution in [3.63, 3.8) is 0 Å². The molecule has 1 aromatic rings. The lowest BCUT2D eigenvalue weighted by Crippen LogP contribution is -3.14. The summed E-state index contributed by atoms with van der Waals surface area (Å²) in [6.45, 7) is 7.36. The summed E-state index contributed by atoms with van der Waals surface area (Å²) in [4.78, 5) is 16.4. The summed E-state index contributed by atoms with van der Waals surface area (Å²) in [6, 6.07) is 3.84. The number of piperazine rings is 1. The number of carbonyl (C=O) groups is 1. The summed E-state index contributed by atoms with van der Waals surface area (Å²) in [6.07, 6.45) is 0. The van der Waals surface area contributed by atoms with E-state index in [0.717, 1.165) is 31.1 Å². The minimum atomic E-state index is 0.208. The second-order valence-electron chi connectivity index (χ2n) is 3.87. The number of amides is 1. The van der Waals surface area contributed by atoms with Crippen LogP contribution in [0.2, 0.25) is 0 Å². The van der Waals surface area contributed by atoms with E-state index in [0.29, 0.717) is 0 Å². The molecule has 1 aliphatic heterocycles. The SMILES string of the molecule is CC[NH+]1CCN(C(=O)c2cccs2)CC1. The van der Waals surface area contributed by atoms with Gasteiger partial charge in [0.05, 0.1) is 37.6 Å². The van der Waals surface area contributed by atoms with Gasteiger partial charge < -0.3 is 9.80 Å². The molecule has 0 unspecified atom stereocenters. The maximum atomic E-state index is 12.0. The molecule has 82 valence electrons. The fraction of sp³-hybridized carbons (Fsp3) is 0.545. The average Bonchev–Trinajstić information content (AvgIpc) is 2.82. The van der Waals surface area contributed by atoms with Crippen LogP contribution >= 0.6 is 11.3 Å². The van der Waals surface area contributed by atoms with Crippen LogP contribution in [-0.4, -0.2) is 43.5 Å². The van der Waals surface area contributed by atoms with Crippen LogP contribution in [0.4, 0.5) is 0 Å². The van der Waals surface area contributed by atoms with Crippen molar-refractivity contribution in [2.24, 2.45) is 0 Å². The highest BCUT2D eigenvalue weighted by Gasteiger charge is 2.23. The fourth-order valence-electron chi connectivity index (χ4n) is 1.94. The molecule has 1 saturated heterocycles. The van der Waals surface area contributed by atoms with E-state index in [4.69, 9.17) is 0 Å². The first-order chi connectivity index (χ1) is 7.31. The van der Waals surface area contributed by atoms with E-state index in [1.807, 2.05) is 22.4 Å². The summed E-state index contributed by atoms with van der Waals surface area (Å²) in [5.41, 5.74) is 0. The van der Waals surface area contributed by atoms with Gasteiger partial charge in [0.2, 0.25) is 0 Å². The topological polar surface area (TPSA) is 24.8 Å². The van der Waals surface area contributed by atoms with Gasteiger partial charge in [0.25, 0.3) is 5.91 Å². The molecule has 0 spiro atoms. The first-order valence-electron chi connectivity index (χ1n) is 5.47. The molecule has 0 aliphatic carbocycles. The molecule has 15 heavy (non-hydrogen) atoms. The molecular formula is C11H17N2OS+. The minimum Gasteiger partial charge on any atom is -0.332 e. The molecule has 3 nitrogen and oxygen atoms in total. The van der Waals surface area contributed by atoms with Crippen molar-refractivity contribution in [3.8, 4) is 0 Å². The number of hydrogen-bond donors (Lipinski definition) is 1. The molecular weight excluding hydrogens is 208 g/mol. The molecule has 0 saturated carbocycles. The van der Waals surface area contributed by atoms with Crippen molar-refractivity contribution in [2.75, 3.05) is 32.7 Å². The van der Waals surface area contributed by atoms with Gasteiger partial charge in [-0.25, -0.2) is 0 Å². The number of quaternary nitrogens is 1. The fourth-order valence-corrected chi connectivity index (χ4v) is 2.63.